The van der Waals surface area contributed by atoms with Gasteiger partial charge in [-0.3, -0.25) is 0 Å². The van der Waals surface area contributed by atoms with Crippen LogP contribution in [0.15, 0.2) is 28.7 Å². The van der Waals surface area contributed by atoms with Gasteiger partial charge in [0.1, 0.15) is 5.75 Å². The predicted octanol–water partition coefficient (Wildman–Crippen LogP) is 4.26. The fourth-order valence-electron chi connectivity index (χ4n) is 3.31. The van der Waals surface area contributed by atoms with E-state index in [0.717, 1.165) is 34.6 Å². The van der Waals surface area contributed by atoms with Crippen molar-refractivity contribution in [1.82, 2.24) is 0 Å². The van der Waals surface area contributed by atoms with E-state index in [1.54, 1.807) is 0 Å². The number of rotatable bonds is 3. The molecule has 2 aliphatic rings. The van der Waals surface area contributed by atoms with Gasteiger partial charge in [0.2, 0.25) is 0 Å². The van der Waals surface area contributed by atoms with Crippen molar-refractivity contribution < 1.29 is 4.74 Å². The molecule has 16 heavy (non-hydrogen) atoms. The first-order chi connectivity index (χ1) is 7.81. The molecular formula is C14H17BrO. The van der Waals surface area contributed by atoms with Crippen molar-refractivity contribution in [2.75, 3.05) is 6.61 Å². The molecule has 0 amide bonds. The molecule has 0 aliphatic heterocycles. The highest BCUT2D eigenvalue weighted by molar-refractivity contribution is 9.10. The Balaban J connectivity index is 1.55. The second-order valence-electron chi connectivity index (χ2n) is 5.20. The molecule has 0 radical (unpaired) electrons. The molecule has 3 rings (SSSR count). The third-order valence-corrected chi connectivity index (χ3v) is 4.69. The summed E-state index contributed by atoms with van der Waals surface area (Å²) in [6, 6.07) is 8.15. The van der Waals surface area contributed by atoms with E-state index in [2.05, 4.69) is 15.9 Å². The molecule has 0 saturated heterocycles. The van der Waals surface area contributed by atoms with Crippen molar-refractivity contribution in [2.45, 2.75) is 25.7 Å². The molecule has 1 aromatic rings. The zero-order valence-electron chi connectivity index (χ0n) is 9.36. The van der Waals surface area contributed by atoms with E-state index >= 15 is 0 Å². The summed E-state index contributed by atoms with van der Waals surface area (Å²) in [5.41, 5.74) is 0. The molecular weight excluding hydrogens is 264 g/mol. The van der Waals surface area contributed by atoms with Gasteiger partial charge in [-0.25, -0.2) is 0 Å². The van der Waals surface area contributed by atoms with Gasteiger partial charge in [-0.05, 0) is 61.3 Å². The van der Waals surface area contributed by atoms with Gasteiger partial charge in [-0.2, -0.15) is 0 Å². The van der Waals surface area contributed by atoms with Gasteiger partial charge in [0.15, 0.2) is 0 Å². The highest BCUT2D eigenvalue weighted by atomic mass is 79.9. The fraction of sp³-hybridized carbons (Fsp3) is 0.571. The van der Waals surface area contributed by atoms with E-state index < -0.39 is 0 Å². The van der Waals surface area contributed by atoms with Crippen LogP contribution in [0.25, 0.3) is 0 Å². The minimum absolute atomic E-state index is 0.822. The Morgan fingerprint density at radius 2 is 1.94 bits per heavy atom. The summed E-state index contributed by atoms with van der Waals surface area (Å²) in [5.74, 6) is 3.80. The van der Waals surface area contributed by atoms with E-state index in [4.69, 9.17) is 4.74 Å². The lowest BCUT2D eigenvalue weighted by atomic mass is 9.89. The summed E-state index contributed by atoms with van der Waals surface area (Å²) in [4.78, 5) is 0. The van der Waals surface area contributed by atoms with E-state index in [1.807, 2.05) is 24.3 Å². The largest absolute Gasteiger partial charge is 0.493 e. The van der Waals surface area contributed by atoms with Crippen LogP contribution in [0.4, 0.5) is 0 Å². The summed E-state index contributed by atoms with van der Waals surface area (Å²) >= 11 is 3.43. The second-order valence-corrected chi connectivity index (χ2v) is 6.12. The smallest absolute Gasteiger partial charge is 0.119 e. The summed E-state index contributed by atoms with van der Waals surface area (Å²) < 4.78 is 6.99. The summed E-state index contributed by atoms with van der Waals surface area (Å²) in [6.07, 6.45) is 5.79. The number of fused-ring (bicyclic) bond motifs is 2. The van der Waals surface area contributed by atoms with Crippen LogP contribution < -0.4 is 4.74 Å². The maximum absolute atomic E-state index is 5.88. The van der Waals surface area contributed by atoms with Gasteiger partial charge >= 0.3 is 0 Å². The van der Waals surface area contributed by atoms with Crippen molar-refractivity contribution in [2.24, 2.45) is 17.8 Å². The third kappa shape index (κ3) is 2.13. The van der Waals surface area contributed by atoms with Gasteiger partial charge in [0, 0.05) is 4.47 Å². The quantitative estimate of drug-likeness (QED) is 0.804. The SMILES string of the molecule is Brc1ccc(OCC2CC3CCC2C3)cc1. The minimum Gasteiger partial charge on any atom is -0.493 e. The molecule has 0 aromatic heterocycles. The maximum Gasteiger partial charge on any atom is 0.119 e. The first-order valence-electron chi connectivity index (χ1n) is 6.19. The van der Waals surface area contributed by atoms with E-state index in [-0.39, 0.29) is 0 Å². The zero-order valence-corrected chi connectivity index (χ0v) is 10.9. The van der Waals surface area contributed by atoms with Crippen molar-refractivity contribution in [1.29, 1.82) is 0 Å². The lowest BCUT2D eigenvalue weighted by Crippen LogP contribution is -2.18. The molecule has 0 spiro atoms. The third-order valence-electron chi connectivity index (χ3n) is 4.16. The fourth-order valence-corrected chi connectivity index (χ4v) is 3.58. The molecule has 1 nitrogen and oxygen atoms in total. The molecule has 0 N–H and O–H groups in total. The average Bonchev–Trinajstić information content (AvgIpc) is 2.90. The monoisotopic (exact) mass is 280 g/mol. The Kier molecular flexibility index (Phi) is 2.93. The second kappa shape index (κ2) is 4.40. The van der Waals surface area contributed by atoms with Crippen LogP contribution >= 0.6 is 15.9 Å². The minimum atomic E-state index is 0.822. The molecule has 86 valence electrons. The number of benzene rings is 1. The molecule has 1 aromatic carbocycles. The number of hydrogen-bond donors (Lipinski definition) is 0. The van der Waals surface area contributed by atoms with Crippen LogP contribution in [0, 0.1) is 17.8 Å². The Morgan fingerprint density at radius 1 is 1.12 bits per heavy atom. The number of halogens is 1. The molecule has 3 atom stereocenters. The number of hydrogen-bond acceptors (Lipinski definition) is 1. The maximum atomic E-state index is 5.88. The van der Waals surface area contributed by atoms with Gasteiger partial charge < -0.3 is 4.74 Å². The predicted molar refractivity (Wildman–Crippen MR) is 68.6 cm³/mol. The van der Waals surface area contributed by atoms with Gasteiger partial charge in [0.05, 0.1) is 6.61 Å². The Hall–Kier alpha value is -0.500. The van der Waals surface area contributed by atoms with Crippen LogP contribution in [-0.4, -0.2) is 6.61 Å². The normalized spacial score (nSPS) is 31.9. The van der Waals surface area contributed by atoms with Crippen molar-refractivity contribution in [3.8, 4) is 5.75 Å². The molecule has 0 heterocycles. The van der Waals surface area contributed by atoms with Crippen LogP contribution in [0.2, 0.25) is 0 Å². The van der Waals surface area contributed by atoms with Crippen LogP contribution in [0.1, 0.15) is 25.7 Å². The molecule has 2 heteroatoms. The first kappa shape index (κ1) is 10.6. The average molecular weight is 281 g/mol. The van der Waals surface area contributed by atoms with Crippen LogP contribution in [-0.2, 0) is 0 Å². The molecule has 2 saturated carbocycles. The van der Waals surface area contributed by atoms with Gasteiger partial charge in [-0.15, -0.1) is 0 Å². The summed E-state index contributed by atoms with van der Waals surface area (Å²) in [5, 5.41) is 0. The van der Waals surface area contributed by atoms with Crippen molar-refractivity contribution in [3.63, 3.8) is 0 Å². The van der Waals surface area contributed by atoms with Gasteiger partial charge in [0.25, 0.3) is 0 Å². The first-order valence-corrected chi connectivity index (χ1v) is 6.99. The molecule has 2 fully saturated rings. The highest BCUT2D eigenvalue weighted by Gasteiger charge is 2.39. The van der Waals surface area contributed by atoms with E-state index in [9.17, 15) is 0 Å². The van der Waals surface area contributed by atoms with Crippen molar-refractivity contribution >= 4 is 15.9 Å². The Bertz CT molecular complexity index is 360. The van der Waals surface area contributed by atoms with Crippen LogP contribution in [0.5, 0.6) is 5.75 Å². The van der Waals surface area contributed by atoms with E-state index in [0.29, 0.717) is 0 Å². The Labute approximate surface area is 105 Å². The summed E-state index contributed by atoms with van der Waals surface area (Å²) in [7, 11) is 0. The lowest BCUT2D eigenvalue weighted by molar-refractivity contribution is 0.195. The van der Waals surface area contributed by atoms with E-state index in [1.165, 1.54) is 25.7 Å². The lowest BCUT2D eigenvalue weighted by Gasteiger charge is -2.21. The summed E-state index contributed by atoms with van der Waals surface area (Å²) in [6.45, 7) is 0.919. The Morgan fingerprint density at radius 3 is 2.56 bits per heavy atom. The highest BCUT2D eigenvalue weighted by Crippen LogP contribution is 2.48. The number of ether oxygens (including phenoxy) is 1. The van der Waals surface area contributed by atoms with Gasteiger partial charge in [-0.1, -0.05) is 22.4 Å². The van der Waals surface area contributed by atoms with Crippen LogP contribution in [0.3, 0.4) is 0 Å². The zero-order chi connectivity index (χ0) is 11.0. The topological polar surface area (TPSA) is 9.23 Å². The van der Waals surface area contributed by atoms with Crippen molar-refractivity contribution in [3.05, 3.63) is 28.7 Å². The molecule has 3 unspecified atom stereocenters. The molecule has 2 aliphatic carbocycles. The standard InChI is InChI=1S/C14H17BrO/c15-13-3-5-14(6-4-13)16-9-12-8-10-1-2-11(12)7-10/h3-6,10-12H,1-2,7-9H2. The molecule has 2 bridgehead atoms.